The van der Waals surface area contributed by atoms with Crippen LogP contribution in [-0.4, -0.2) is 21.0 Å². The average Bonchev–Trinajstić information content (AvgIpc) is 3.14. The molecule has 0 unspecified atom stereocenters. The number of rotatable bonds is 5. The van der Waals surface area contributed by atoms with Crippen LogP contribution in [0.15, 0.2) is 42.5 Å². The standard InChI is InChI=1S/C21H16F2N2O3/c22-16-9-6-13(11-17(16)23)20-24-18-3-1-2-15(18)21(25-20)28-14-7-4-12(5-8-14)10-19(26)27/h4-9,11H,1-3,10H2,(H,26,27). The molecule has 5 nitrogen and oxygen atoms in total. The highest BCUT2D eigenvalue weighted by molar-refractivity contribution is 5.70. The monoisotopic (exact) mass is 382 g/mol. The maximum Gasteiger partial charge on any atom is 0.307 e. The molecule has 142 valence electrons. The highest BCUT2D eigenvalue weighted by atomic mass is 19.2. The van der Waals surface area contributed by atoms with Gasteiger partial charge in [-0.15, -0.1) is 0 Å². The molecular weight excluding hydrogens is 366 g/mol. The van der Waals surface area contributed by atoms with E-state index in [1.807, 2.05) is 0 Å². The van der Waals surface area contributed by atoms with Gasteiger partial charge in [0.2, 0.25) is 5.88 Å². The molecule has 1 aliphatic rings. The van der Waals surface area contributed by atoms with Crippen molar-refractivity contribution in [2.24, 2.45) is 0 Å². The lowest BCUT2D eigenvalue weighted by atomic mass is 10.1. The van der Waals surface area contributed by atoms with Gasteiger partial charge in [0.15, 0.2) is 17.5 Å². The Morgan fingerprint density at radius 1 is 1.04 bits per heavy atom. The summed E-state index contributed by atoms with van der Waals surface area (Å²) < 4.78 is 32.8. The van der Waals surface area contributed by atoms with Gasteiger partial charge < -0.3 is 9.84 Å². The number of hydrogen-bond donors (Lipinski definition) is 1. The minimum atomic E-state index is -0.960. The van der Waals surface area contributed by atoms with Crippen molar-refractivity contribution in [3.8, 4) is 23.0 Å². The van der Waals surface area contributed by atoms with Crippen LogP contribution in [-0.2, 0) is 24.1 Å². The number of halogens is 2. The fourth-order valence-corrected chi connectivity index (χ4v) is 3.21. The molecule has 0 saturated carbocycles. The minimum absolute atomic E-state index is 0.0660. The van der Waals surface area contributed by atoms with E-state index in [0.29, 0.717) is 22.8 Å². The highest BCUT2D eigenvalue weighted by Gasteiger charge is 2.22. The summed E-state index contributed by atoms with van der Waals surface area (Å²) >= 11 is 0. The van der Waals surface area contributed by atoms with Crippen molar-refractivity contribution in [3.05, 3.63) is 70.9 Å². The summed E-state index contributed by atoms with van der Waals surface area (Å²) in [7, 11) is 0. The van der Waals surface area contributed by atoms with Crippen molar-refractivity contribution in [1.82, 2.24) is 9.97 Å². The molecule has 0 fully saturated rings. The molecule has 4 rings (SSSR count). The summed E-state index contributed by atoms with van der Waals surface area (Å²) in [6.45, 7) is 0. The third kappa shape index (κ3) is 3.69. The maximum absolute atomic E-state index is 13.6. The number of carboxylic acid groups (broad SMARTS) is 1. The Labute approximate surface area is 159 Å². The van der Waals surface area contributed by atoms with Crippen molar-refractivity contribution in [2.45, 2.75) is 25.7 Å². The van der Waals surface area contributed by atoms with Gasteiger partial charge in [-0.1, -0.05) is 12.1 Å². The number of carbonyl (C=O) groups is 1. The van der Waals surface area contributed by atoms with E-state index in [2.05, 4.69) is 9.97 Å². The van der Waals surface area contributed by atoms with Gasteiger partial charge in [-0.05, 0) is 55.2 Å². The Morgan fingerprint density at radius 3 is 2.54 bits per heavy atom. The van der Waals surface area contributed by atoms with Crippen LogP contribution in [0.2, 0.25) is 0 Å². The number of fused-ring (bicyclic) bond motifs is 1. The SMILES string of the molecule is O=C(O)Cc1ccc(Oc2nc(-c3ccc(F)c(F)c3)nc3c2CCC3)cc1. The normalized spacial score (nSPS) is 12.6. The summed E-state index contributed by atoms with van der Waals surface area (Å²) in [5.41, 5.74) is 2.78. The van der Waals surface area contributed by atoms with E-state index in [4.69, 9.17) is 9.84 Å². The van der Waals surface area contributed by atoms with Crippen LogP contribution in [0.3, 0.4) is 0 Å². The van der Waals surface area contributed by atoms with E-state index in [1.165, 1.54) is 6.07 Å². The number of nitrogens with zero attached hydrogens (tertiary/aromatic N) is 2. The molecule has 28 heavy (non-hydrogen) atoms. The summed E-state index contributed by atoms with van der Waals surface area (Å²) in [4.78, 5) is 19.7. The molecule has 1 aliphatic carbocycles. The molecule has 0 saturated heterocycles. The van der Waals surface area contributed by atoms with Crippen LogP contribution in [0.1, 0.15) is 23.2 Å². The molecule has 0 bridgehead atoms. The topological polar surface area (TPSA) is 72.3 Å². The predicted octanol–water partition coefficient (Wildman–Crippen LogP) is 4.33. The fraction of sp³-hybridized carbons (Fsp3) is 0.190. The van der Waals surface area contributed by atoms with Gasteiger partial charge in [-0.25, -0.2) is 13.8 Å². The van der Waals surface area contributed by atoms with Crippen molar-refractivity contribution in [2.75, 3.05) is 0 Å². The van der Waals surface area contributed by atoms with Crippen LogP contribution >= 0.6 is 0 Å². The lowest BCUT2D eigenvalue weighted by Crippen LogP contribution is -2.02. The number of hydrogen-bond acceptors (Lipinski definition) is 4. The van der Waals surface area contributed by atoms with Gasteiger partial charge in [0.1, 0.15) is 5.75 Å². The van der Waals surface area contributed by atoms with E-state index in [1.54, 1.807) is 24.3 Å². The predicted molar refractivity (Wildman–Crippen MR) is 97.3 cm³/mol. The molecule has 1 heterocycles. The summed E-state index contributed by atoms with van der Waals surface area (Å²) in [6, 6.07) is 10.3. The smallest absolute Gasteiger partial charge is 0.307 e. The average molecular weight is 382 g/mol. The van der Waals surface area contributed by atoms with Crippen LogP contribution < -0.4 is 4.74 Å². The Morgan fingerprint density at radius 2 is 1.82 bits per heavy atom. The van der Waals surface area contributed by atoms with E-state index in [0.717, 1.165) is 42.7 Å². The summed E-state index contributed by atoms with van der Waals surface area (Å²) in [5, 5.41) is 8.85. The molecule has 1 N–H and O–H groups in total. The number of carboxylic acids is 1. The number of aromatic nitrogens is 2. The van der Waals surface area contributed by atoms with E-state index >= 15 is 0 Å². The van der Waals surface area contributed by atoms with Gasteiger partial charge >= 0.3 is 5.97 Å². The molecule has 7 heteroatoms. The lowest BCUT2D eigenvalue weighted by molar-refractivity contribution is -0.136. The maximum atomic E-state index is 13.6. The zero-order valence-electron chi connectivity index (χ0n) is 14.8. The second kappa shape index (κ2) is 7.34. The Kier molecular flexibility index (Phi) is 4.73. The first kappa shape index (κ1) is 18.0. The zero-order valence-corrected chi connectivity index (χ0v) is 14.8. The first-order valence-corrected chi connectivity index (χ1v) is 8.83. The number of ether oxygens (including phenoxy) is 1. The Balaban J connectivity index is 1.67. The Hall–Kier alpha value is -3.35. The second-order valence-electron chi connectivity index (χ2n) is 6.58. The first-order valence-electron chi connectivity index (χ1n) is 8.83. The van der Waals surface area contributed by atoms with Crippen molar-refractivity contribution in [3.63, 3.8) is 0 Å². The third-order valence-electron chi connectivity index (χ3n) is 4.57. The lowest BCUT2D eigenvalue weighted by Gasteiger charge is -2.12. The molecule has 0 amide bonds. The first-order chi connectivity index (χ1) is 13.5. The second-order valence-corrected chi connectivity index (χ2v) is 6.58. The largest absolute Gasteiger partial charge is 0.481 e. The van der Waals surface area contributed by atoms with E-state index in [9.17, 15) is 13.6 Å². The molecule has 0 aliphatic heterocycles. The van der Waals surface area contributed by atoms with Crippen LogP contribution in [0.5, 0.6) is 11.6 Å². The van der Waals surface area contributed by atoms with E-state index in [-0.39, 0.29) is 12.2 Å². The quantitative estimate of drug-likeness (QED) is 0.711. The van der Waals surface area contributed by atoms with E-state index < -0.39 is 17.6 Å². The summed E-state index contributed by atoms with van der Waals surface area (Å²) in [6.07, 6.45) is 2.39. The third-order valence-corrected chi connectivity index (χ3v) is 4.57. The number of aryl methyl sites for hydroxylation is 1. The summed E-state index contributed by atoms with van der Waals surface area (Å²) in [5.74, 6) is -1.62. The molecule has 3 aromatic rings. The molecular formula is C21H16F2N2O3. The van der Waals surface area contributed by atoms with Crippen molar-refractivity contribution >= 4 is 5.97 Å². The molecule has 1 aromatic heterocycles. The van der Waals surface area contributed by atoms with Gasteiger partial charge in [-0.3, -0.25) is 4.79 Å². The molecule has 2 aromatic carbocycles. The van der Waals surface area contributed by atoms with Crippen molar-refractivity contribution in [1.29, 1.82) is 0 Å². The Bertz CT molecular complexity index is 1050. The van der Waals surface area contributed by atoms with Gasteiger partial charge in [0, 0.05) is 11.1 Å². The number of benzene rings is 2. The highest BCUT2D eigenvalue weighted by Crippen LogP contribution is 2.33. The minimum Gasteiger partial charge on any atom is -0.481 e. The van der Waals surface area contributed by atoms with Gasteiger partial charge in [0.05, 0.1) is 12.1 Å². The van der Waals surface area contributed by atoms with Gasteiger partial charge in [0.25, 0.3) is 0 Å². The number of aliphatic carboxylic acids is 1. The van der Waals surface area contributed by atoms with Crippen LogP contribution in [0.4, 0.5) is 8.78 Å². The van der Waals surface area contributed by atoms with Crippen LogP contribution in [0.25, 0.3) is 11.4 Å². The molecule has 0 spiro atoms. The zero-order chi connectivity index (χ0) is 19.7. The fourth-order valence-electron chi connectivity index (χ4n) is 3.21. The van der Waals surface area contributed by atoms with Gasteiger partial charge in [-0.2, -0.15) is 4.98 Å². The van der Waals surface area contributed by atoms with Crippen LogP contribution in [0, 0.1) is 11.6 Å². The molecule has 0 radical (unpaired) electrons. The van der Waals surface area contributed by atoms with Crippen molar-refractivity contribution < 1.29 is 23.4 Å². The molecule has 0 atom stereocenters.